The molecule has 4 aromatic rings. The van der Waals surface area contributed by atoms with E-state index < -0.39 is 0 Å². The fourth-order valence-corrected chi connectivity index (χ4v) is 3.63. The van der Waals surface area contributed by atoms with Gasteiger partial charge in [-0.3, -0.25) is 4.79 Å². The lowest BCUT2D eigenvalue weighted by molar-refractivity contribution is 0.0952. The van der Waals surface area contributed by atoms with Crippen LogP contribution in [0.2, 0.25) is 0 Å². The van der Waals surface area contributed by atoms with Gasteiger partial charge in [-0.15, -0.1) is 0 Å². The van der Waals surface area contributed by atoms with E-state index in [2.05, 4.69) is 31.3 Å². The zero-order chi connectivity index (χ0) is 21.3. The number of fused-ring (bicyclic) bond motifs is 1. The van der Waals surface area contributed by atoms with Crippen molar-refractivity contribution >= 4 is 16.9 Å². The van der Waals surface area contributed by atoms with Crippen LogP contribution >= 0.6 is 0 Å². The number of hydrogen-bond donors (Lipinski definition) is 1. The standard InChI is InChI=1S/C25H26N4O/c1-5-19-10-12-21(13-11-19)29-24-23(18(4)28-29)22(14-17(3)27-24)25(30)26-15-20-8-6-16(2)7-9-20/h6-14H,5,15H2,1-4H3,(H,26,30). The maximum atomic E-state index is 13.1. The highest BCUT2D eigenvalue weighted by molar-refractivity contribution is 6.06. The number of hydrogen-bond acceptors (Lipinski definition) is 3. The molecule has 2 heterocycles. The normalized spacial score (nSPS) is 11.1. The minimum absolute atomic E-state index is 0.116. The predicted molar refractivity (Wildman–Crippen MR) is 120 cm³/mol. The van der Waals surface area contributed by atoms with Gasteiger partial charge < -0.3 is 5.32 Å². The number of nitrogens with zero attached hydrogens (tertiary/aromatic N) is 3. The van der Waals surface area contributed by atoms with Gasteiger partial charge in [0.2, 0.25) is 0 Å². The van der Waals surface area contributed by atoms with Crippen LogP contribution in [0.25, 0.3) is 16.7 Å². The molecule has 0 radical (unpaired) electrons. The van der Waals surface area contributed by atoms with Crippen LogP contribution in [-0.4, -0.2) is 20.7 Å². The maximum absolute atomic E-state index is 13.1. The van der Waals surface area contributed by atoms with Crippen LogP contribution in [0, 0.1) is 20.8 Å². The fraction of sp³-hybridized carbons (Fsp3) is 0.240. The second-order valence-corrected chi connectivity index (χ2v) is 7.70. The molecule has 0 spiro atoms. The van der Waals surface area contributed by atoms with E-state index in [4.69, 9.17) is 10.1 Å². The quantitative estimate of drug-likeness (QED) is 0.523. The number of amides is 1. The largest absolute Gasteiger partial charge is 0.348 e. The van der Waals surface area contributed by atoms with E-state index in [0.717, 1.165) is 34.4 Å². The first-order valence-electron chi connectivity index (χ1n) is 10.3. The zero-order valence-corrected chi connectivity index (χ0v) is 17.9. The molecule has 4 rings (SSSR count). The monoisotopic (exact) mass is 398 g/mol. The molecule has 0 fully saturated rings. The Hall–Kier alpha value is -3.47. The van der Waals surface area contributed by atoms with Crippen molar-refractivity contribution < 1.29 is 4.79 Å². The Balaban J connectivity index is 1.70. The van der Waals surface area contributed by atoms with Crippen molar-refractivity contribution in [2.75, 3.05) is 0 Å². The second-order valence-electron chi connectivity index (χ2n) is 7.70. The lowest BCUT2D eigenvalue weighted by Crippen LogP contribution is -2.23. The van der Waals surface area contributed by atoms with E-state index >= 15 is 0 Å². The number of nitrogens with one attached hydrogen (secondary N) is 1. The molecule has 0 aliphatic carbocycles. The summed E-state index contributed by atoms with van der Waals surface area (Å²) < 4.78 is 1.83. The molecule has 0 bridgehead atoms. The van der Waals surface area contributed by atoms with Crippen molar-refractivity contribution in [3.05, 3.63) is 88.2 Å². The predicted octanol–water partition coefficient (Wildman–Crippen LogP) is 4.84. The molecule has 1 amide bonds. The summed E-state index contributed by atoms with van der Waals surface area (Å²) in [4.78, 5) is 17.8. The zero-order valence-electron chi connectivity index (χ0n) is 17.9. The highest BCUT2D eigenvalue weighted by atomic mass is 16.1. The summed E-state index contributed by atoms with van der Waals surface area (Å²) in [6.07, 6.45) is 0.988. The molecule has 5 nitrogen and oxygen atoms in total. The van der Waals surface area contributed by atoms with Crippen molar-refractivity contribution in [2.45, 2.75) is 40.7 Å². The molecular formula is C25H26N4O. The minimum Gasteiger partial charge on any atom is -0.348 e. The van der Waals surface area contributed by atoms with Gasteiger partial charge in [-0.05, 0) is 56.5 Å². The Morgan fingerprint density at radius 1 is 0.967 bits per heavy atom. The van der Waals surface area contributed by atoms with E-state index in [1.807, 2.05) is 61.0 Å². The summed E-state index contributed by atoms with van der Waals surface area (Å²) in [5.74, 6) is -0.116. The summed E-state index contributed by atoms with van der Waals surface area (Å²) in [7, 11) is 0. The molecule has 30 heavy (non-hydrogen) atoms. The Labute approximate surface area is 176 Å². The molecular weight excluding hydrogens is 372 g/mol. The summed E-state index contributed by atoms with van der Waals surface area (Å²) in [5, 5.41) is 8.54. The lowest BCUT2D eigenvalue weighted by Gasteiger charge is -2.09. The first-order chi connectivity index (χ1) is 14.5. The maximum Gasteiger partial charge on any atom is 0.252 e. The van der Waals surface area contributed by atoms with Gasteiger partial charge in [0.25, 0.3) is 5.91 Å². The van der Waals surface area contributed by atoms with E-state index in [1.165, 1.54) is 11.1 Å². The number of aromatic nitrogens is 3. The number of carbonyl (C=O) groups is 1. The molecule has 1 N–H and O–H groups in total. The van der Waals surface area contributed by atoms with Crippen LogP contribution < -0.4 is 5.32 Å². The Morgan fingerprint density at radius 2 is 1.63 bits per heavy atom. The van der Waals surface area contributed by atoms with Crippen LogP contribution in [-0.2, 0) is 13.0 Å². The van der Waals surface area contributed by atoms with Crippen LogP contribution in [0.1, 0.15) is 45.4 Å². The van der Waals surface area contributed by atoms with Gasteiger partial charge in [-0.2, -0.15) is 5.10 Å². The Morgan fingerprint density at radius 3 is 2.30 bits per heavy atom. The van der Waals surface area contributed by atoms with Crippen molar-refractivity contribution in [3.63, 3.8) is 0 Å². The molecule has 152 valence electrons. The van der Waals surface area contributed by atoms with Crippen molar-refractivity contribution in [3.8, 4) is 5.69 Å². The molecule has 0 aliphatic rings. The molecule has 2 aromatic heterocycles. The first kappa shape index (κ1) is 19.8. The van der Waals surface area contributed by atoms with Crippen LogP contribution in [0.3, 0.4) is 0 Å². The molecule has 0 saturated heterocycles. The topological polar surface area (TPSA) is 59.8 Å². The van der Waals surface area contributed by atoms with Crippen LogP contribution in [0.4, 0.5) is 0 Å². The number of aryl methyl sites for hydroxylation is 4. The van der Waals surface area contributed by atoms with Gasteiger partial charge in [0, 0.05) is 12.2 Å². The summed E-state index contributed by atoms with van der Waals surface area (Å²) in [6.45, 7) is 8.49. The van der Waals surface area contributed by atoms with Crippen molar-refractivity contribution in [1.82, 2.24) is 20.1 Å². The molecule has 0 unspecified atom stereocenters. The Bertz CT molecular complexity index is 1200. The van der Waals surface area contributed by atoms with Gasteiger partial charge >= 0.3 is 0 Å². The number of carbonyl (C=O) groups excluding carboxylic acids is 1. The molecule has 0 aliphatic heterocycles. The van der Waals surface area contributed by atoms with Crippen LogP contribution in [0.15, 0.2) is 54.6 Å². The number of benzene rings is 2. The molecule has 5 heteroatoms. The smallest absolute Gasteiger partial charge is 0.252 e. The first-order valence-corrected chi connectivity index (χ1v) is 10.3. The average molecular weight is 399 g/mol. The van der Waals surface area contributed by atoms with Gasteiger partial charge in [0.15, 0.2) is 5.65 Å². The number of rotatable bonds is 5. The molecule has 2 aromatic carbocycles. The van der Waals surface area contributed by atoms with Gasteiger partial charge in [-0.1, -0.05) is 48.9 Å². The molecule has 0 saturated carbocycles. The Kier molecular flexibility index (Phi) is 5.36. The SMILES string of the molecule is CCc1ccc(-n2nc(C)c3c(C(=O)NCc4ccc(C)cc4)cc(C)nc32)cc1. The average Bonchev–Trinajstić information content (AvgIpc) is 3.08. The fourth-order valence-electron chi connectivity index (χ4n) is 3.63. The summed E-state index contributed by atoms with van der Waals surface area (Å²) in [5.41, 5.74) is 7.37. The number of pyridine rings is 1. The van der Waals surface area contributed by atoms with Gasteiger partial charge in [0.05, 0.1) is 22.3 Å². The highest BCUT2D eigenvalue weighted by Gasteiger charge is 2.19. The van der Waals surface area contributed by atoms with E-state index in [1.54, 1.807) is 0 Å². The van der Waals surface area contributed by atoms with Crippen molar-refractivity contribution in [2.24, 2.45) is 0 Å². The van der Waals surface area contributed by atoms with Gasteiger partial charge in [-0.25, -0.2) is 9.67 Å². The van der Waals surface area contributed by atoms with E-state index in [-0.39, 0.29) is 5.91 Å². The summed E-state index contributed by atoms with van der Waals surface area (Å²) in [6, 6.07) is 18.3. The van der Waals surface area contributed by atoms with Crippen molar-refractivity contribution in [1.29, 1.82) is 0 Å². The minimum atomic E-state index is -0.116. The van der Waals surface area contributed by atoms with Crippen LogP contribution in [0.5, 0.6) is 0 Å². The third kappa shape index (κ3) is 3.83. The van der Waals surface area contributed by atoms with Gasteiger partial charge in [0.1, 0.15) is 0 Å². The third-order valence-electron chi connectivity index (χ3n) is 5.35. The molecule has 0 atom stereocenters. The summed E-state index contributed by atoms with van der Waals surface area (Å²) >= 11 is 0. The second kappa shape index (κ2) is 8.11. The highest BCUT2D eigenvalue weighted by Crippen LogP contribution is 2.25. The lowest BCUT2D eigenvalue weighted by atomic mass is 10.1. The van der Waals surface area contributed by atoms with E-state index in [0.29, 0.717) is 17.8 Å². The third-order valence-corrected chi connectivity index (χ3v) is 5.35. The van der Waals surface area contributed by atoms with E-state index in [9.17, 15) is 4.79 Å².